The largest absolute Gasteiger partial charge is 0.343 e. The van der Waals surface area contributed by atoms with Gasteiger partial charge in [-0.15, -0.1) is 0 Å². The van der Waals surface area contributed by atoms with Gasteiger partial charge < -0.3 is 9.88 Å². The molecule has 0 aliphatic carbocycles. The minimum Gasteiger partial charge on any atom is -0.343 e. The van der Waals surface area contributed by atoms with Crippen LogP contribution in [-0.4, -0.2) is 30.6 Å². The summed E-state index contributed by atoms with van der Waals surface area (Å²) in [6, 6.07) is 9.84. The molecule has 3 rings (SSSR count). The Morgan fingerprint density at radius 3 is 2.84 bits per heavy atom. The third-order valence-electron chi connectivity index (χ3n) is 3.72. The lowest BCUT2D eigenvalue weighted by Crippen LogP contribution is -2.26. The third-order valence-corrected chi connectivity index (χ3v) is 3.72. The summed E-state index contributed by atoms with van der Waals surface area (Å²) in [6.45, 7) is 2.25. The van der Waals surface area contributed by atoms with Crippen molar-refractivity contribution in [1.29, 1.82) is 0 Å². The molecular formula is C16H16N6O3. The molecule has 3 aromatic rings. The van der Waals surface area contributed by atoms with Crippen LogP contribution in [0.25, 0.3) is 0 Å². The van der Waals surface area contributed by atoms with E-state index in [1.807, 2.05) is 41.1 Å². The van der Waals surface area contributed by atoms with Crippen LogP contribution in [-0.2, 0) is 13.1 Å². The van der Waals surface area contributed by atoms with Crippen molar-refractivity contribution in [1.82, 2.24) is 25.1 Å². The minimum absolute atomic E-state index is 0.141. The van der Waals surface area contributed by atoms with Gasteiger partial charge in [0.1, 0.15) is 11.5 Å². The average Bonchev–Trinajstić information content (AvgIpc) is 3.20. The zero-order chi connectivity index (χ0) is 17.8. The van der Waals surface area contributed by atoms with Gasteiger partial charge in [0.05, 0.1) is 11.5 Å². The van der Waals surface area contributed by atoms with Crippen LogP contribution >= 0.6 is 0 Å². The predicted molar refractivity (Wildman–Crippen MR) is 88.9 cm³/mol. The summed E-state index contributed by atoms with van der Waals surface area (Å²) in [5, 5.41) is 19.9. The Balaban J connectivity index is 1.70. The van der Waals surface area contributed by atoms with Gasteiger partial charge in [-0.1, -0.05) is 30.3 Å². The van der Waals surface area contributed by atoms with Crippen molar-refractivity contribution in [2.45, 2.75) is 20.0 Å². The summed E-state index contributed by atoms with van der Waals surface area (Å²) in [4.78, 5) is 26.9. The summed E-state index contributed by atoms with van der Waals surface area (Å²) in [6.07, 6.45) is 3.46. The molecule has 0 aliphatic heterocycles. The number of rotatable bonds is 6. The van der Waals surface area contributed by atoms with Crippen molar-refractivity contribution in [3.8, 4) is 0 Å². The average molecular weight is 340 g/mol. The number of aromatic nitrogens is 4. The molecule has 0 saturated heterocycles. The van der Waals surface area contributed by atoms with Crippen molar-refractivity contribution in [2.75, 3.05) is 0 Å². The summed E-state index contributed by atoms with van der Waals surface area (Å²) in [5.74, 6) is 0.0254. The Morgan fingerprint density at radius 1 is 1.36 bits per heavy atom. The molecule has 0 spiro atoms. The lowest BCUT2D eigenvalue weighted by Gasteiger charge is -2.08. The molecule has 0 fully saturated rings. The van der Waals surface area contributed by atoms with Crippen molar-refractivity contribution in [3.05, 3.63) is 75.6 Å². The Hall–Kier alpha value is -3.49. The van der Waals surface area contributed by atoms with Gasteiger partial charge in [0.2, 0.25) is 5.69 Å². The highest BCUT2D eigenvalue weighted by Crippen LogP contribution is 2.19. The van der Waals surface area contributed by atoms with Crippen LogP contribution in [0.3, 0.4) is 0 Å². The first-order chi connectivity index (χ1) is 12.1. The van der Waals surface area contributed by atoms with Gasteiger partial charge >= 0.3 is 5.69 Å². The van der Waals surface area contributed by atoms with Gasteiger partial charge in [-0.3, -0.25) is 20.0 Å². The third kappa shape index (κ3) is 3.55. The summed E-state index contributed by atoms with van der Waals surface area (Å²) in [7, 11) is 0. The monoisotopic (exact) mass is 340 g/mol. The number of hydrogen-bond acceptors (Lipinski definition) is 5. The zero-order valence-corrected chi connectivity index (χ0v) is 13.5. The number of aryl methyl sites for hydroxylation is 1. The van der Waals surface area contributed by atoms with Crippen molar-refractivity contribution in [2.24, 2.45) is 0 Å². The minimum atomic E-state index is -0.621. The second-order valence-corrected chi connectivity index (χ2v) is 5.44. The first kappa shape index (κ1) is 16.4. The highest BCUT2D eigenvalue weighted by molar-refractivity contribution is 5.96. The fourth-order valence-electron chi connectivity index (χ4n) is 2.48. The van der Waals surface area contributed by atoms with Crippen LogP contribution in [0, 0.1) is 17.0 Å². The molecule has 1 aromatic carbocycles. The van der Waals surface area contributed by atoms with Gasteiger partial charge in [-0.05, 0) is 12.5 Å². The van der Waals surface area contributed by atoms with Gasteiger partial charge in [0, 0.05) is 18.9 Å². The molecule has 25 heavy (non-hydrogen) atoms. The molecule has 9 heteroatoms. The number of benzene rings is 1. The van der Waals surface area contributed by atoms with E-state index in [-0.39, 0.29) is 23.6 Å². The molecule has 0 saturated carbocycles. The van der Waals surface area contributed by atoms with E-state index in [2.05, 4.69) is 20.5 Å². The molecule has 2 heterocycles. The van der Waals surface area contributed by atoms with Crippen LogP contribution < -0.4 is 5.32 Å². The summed E-state index contributed by atoms with van der Waals surface area (Å²) < 4.78 is 1.90. The lowest BCUT2D eigenvalue weighted by molar-refractivity contribution is -0.385. The molecule has 0 unspecified atom stereocenters. The fraction of sp³-hybridized carbons (Fsp3) is 0.188. The summed E-state index contributed by atoms with van der Waals surface area (Å²) in [5.41, 5.74) is 0.793. The Labute approximate surface area is 142 Å². The number of H-pyrrole nitrogens is 1. The Morgan fingerprint density at radius 2 is 2.12 bits per heavy atom. The van der Waals surface area contributed by atoms with Crippen molar-refractivity contribution < 1.29 is 9.72 Å². The molecule has 0 radical (unpaired) electrons. The highest BCUT2D eigenvalue weighted by atomic mass is 16.6. The number of hydrogen-bond donors (Lipinski definition) is 2. The van der Waals surface area contributed by atoms with Crippen molar-refractivity contribution >= 4 is 11.6 Å². The maximum Gasteiger partial charge on any atom is 0.322 e. The molecule has 2 N–H and O–H groups in total. The number of carbonyl (C=O) groups is 1. The van der Waals surface area contributed by atoms with E-state index in [0.717, 1.165) is 5.56 Å². The van der Waals surface area contributed by atoms with Gasteiger partial charge in [-0.25, -0.2) is 4.98 Å². The van der Waals surface area contributed by atoms with Crippen LogP contribution in [0.4, 0.5) is 5.69 Å². The van der Waals surface area contributed by atoms with Gasteiger partial charge in [0.25, 0.3) is 5.91 Å². The van der Waals surface area contributed by atoms with Crippen molar-refractivity contribution in [3.63, 3.8) is 0 Å². The number of nitrogens with one attached hydrogen (secondary N) is 2. The number of nitrogens with zero attached hydrogens (tertiary/aromatic N) is 4. The number of nitro groups is 1. The molecule has 0 aliphatic rings. The number of amides is 1. The van der Waals surface area contributed by atoms with E-state index < -0.39 is 10.8 Å². The molecule has 0 atom stereocenters. The van der Waals surface area contributed by atoms with Crippen LogP contribution in [0.2, 0.25) is 0 Å². The number of aromatic amines is 1. The maximum atomic E-state index is 12.2. The maximum absolute atomic E-state index is 12.2. The van der Waals surface area contributed by atoms with E-state index in [4.69, 9.17) is 0 Å². The predicted octanol–water partition coefficient (Wildman–Crippen LogP) is 1.80. The molecule has 128 valence electrons. The van der Waals surface area contributed by atoms with E-state index in [0.29, 0.717) is 12.4 Å². The van der Waals surface area contributed by atoms with Crippen LogP contribution in [0.15, 0.2) is 42.7 Å². The normalized spacial score (nSPS) is 10.6. The second-order valence-electron chi connectivity index (χ2n) is 5.44. The second kappa shape index (κ2) is 6.95. The summed E-state index contributed by atoms with van der Waals surface area (Å²) >= 11 is 0. The standard InChI is InChI=1S/C16H16N6O3/c1-11-15(22(24)25)14(20-19-11)16(23)18-9-13-17-7-8-21(13)10-12-5-3-2-4-6-12/h2-8H,9-10H2,1H3,(H,18,23)(H,19,20). The SMILES string of the molecule is Cc1[nH]nc(C(=O)NCc2nccn2Cc2ccccc2)c1[N+](=O)[O-]. The van der Waals surface area contributed by atoms with Gasteiger partial charge in [0.15, 0.2) is 0 Å². The first-order valence-corrected chi connectivity index (χ1v) is 7.57. The molecule has 0 bridgehead atoms. The number of carbonyl (C=O) groups excluding carboxylic acids is 1. The molecule has 1 amide bonds. The molecule has 9 nitrogen and oxygen atoms in total. The number of imidazole rings is 1. The van der Waals surface area contributed by atoms with E-state index in [9.17, 15) is 14.9 Å². The Bertz CT molecular complexity index is 900. The zero-order valence-electron chi connectivity index (χ0n) is 13.5. The van der Waals surface area contributed by atoms with E-state index in [1.54, 1.807) is 6.20 Å². The van der Waals surface area contributed by atoms with Crippen LogP contribution in [0.1, 0.15) is 27.6 Å². The van der Waals surface area contributed by atoms with Crippen LogP contribution in [0.5, 0.6) is 0 Å². The molecular weight excluding hydrogens is 324 g/mol. The topological polar surface area (TPSA) is 119 Å². The van der Waals surface area contributed by atoms with Gasteiger partial charge in [-0.2, -0.15) is 5.10 Å². The Kier molecular flexibility index (Phi) is 4.55. The molecule has 2 aromatic heterocycles. The van der Waals surface area contributed by atoms with E-state index >= 15 is 0 Å². The highest BCUT2D eigenvalue weighted by Gasteiger charge is 2.27. The quantitative estimate of drug-likeness (QED) is 0.524. The fourth-order valence-corrected chi connectivity index (χ4v) is 2.48. The smallest absolute Gasteiger partial charge is 0.322 e. The van der Waals surface area contributed by atoms with E-state index in [1.165, 1.54) is 6.92 Å². The first-order valence-electron chi connectivity index (χ1n) is 7.57. The lowest BCUT2D eigenvalue weighted by atomic mass is 10.2.